The van der Waals surface area contributed by atoms with E-state index in [0.29, 0.717) is 6.42 Å². The average molecular weight is 291 g/mol. The third-order valence-corrected chi connectivity index (χ3v) is 4.05. The number of carbonyl (C=O) groups is 1. The predicted octanol–water partition coefficient (Wildman–Crippen LogP) is 3.08. The Morgan fingerprint density at radius 2 is 2.10 bits per heavy atom. The lowest BCUT2D eigenvalue weighted by Gasteiger charge is -2.28. The lowest BCUT2D eigenvalue weighted by Crippen LogP contribution is -2.42. The number of amides is 1. The summed E-state index contributed by atoms with van der Waals surface area (Å²) in [5.74, 6) is 1.66. The van der Waals surface area contributed by atoms with E-state index in [1.165, 1.54) is 0 Å². The highest BCUT2D eigenvalue weighted by Gasteiger charge is 2.36. The first-order valence-corrected chi connectivity index (χ1v) is 7.62. The molecule has 2 rings (SSSR count). The van der Waals surface area contributed by atoms with Gasteiger partial charge in [0.25, 0.3) is 0 Å². The number of rotatable bonds is 6. The van der Waals surface area contributed by atoms with Crippen LogP contribution in [0.4, 0.5) is 0 Å². The maximum Gasteiger partial charge on any atom is 0.220 e. The van der Waals surface area contributed by atoms with E-state index in [9.17, 15) is 4.79 Å². The van der Waals surface area contributed by atoms with Gasteiger partial charge in [-0.3, -0.25) is 4.79 Å². The normalized spacial score (nSPS) is 21.5. The lowest BCUT2D eigenvalue weighted by atomic mass is 9.87. The molecule has 1 saturated heterocycles. The van der Waals surface area contributed by atoms with Gasteiger partial charge in [0.05, 0.1) is 13.2 Å². The average Bonchev–Trinajstić information content (AvgIpc) is 2.82. The zero-order chi connectivity index (χ0) is 15.5. The van der Waals surface area contributed by atoms with E-state index in [1.807, 2.05) is 26.0 Å². The zero-order valence-electron chi connectivity index (χ0n) is 13.4. The number of hydrogen-bond acceptors (Lipinski definition) is 3. The Bertz CT molecular complexity index is 513. The number of ether oxygens (including phenoxy) is 2. The molecule has 1 N–H and O–H groups in total. The van der Waals surface area contributed by atoms with Crippen LogP contribution in [0.15, 0.2) is 18.2 Å². The second kappa shape index (κ2) is 6.37. The van der Waals surface area contributed by atoms with Crippen molar-refractivity contribution in [2.45, 2.75) is 58.1 Å². The predicted molar refractivity (Wildman–Crippen MR) is 82.9 cm³/mol. The van der Waals surface area contributed by atoms with Crippen LogP contribution in [0, 0.1) is 0 Å². The summed E-state index contributed by atoms with van der Waals surface area (Å²) in [6, 6.07) is 6.02. The van der Waals surface area contributed by atoms with Crippen LogP contribution in [0.5, 0.6) is 11.5 Å². The number of carbonyl (C=O) groups excluding carboxylic acids is 1. The van der Waals surface area contributed by atoms with Gasteiger partial charge in [0.1, 0.15) is 0 Å². The Morgan fingerprint density at radius 1 is 1.33 bits per heavy atom. The molecule has 1 aromatic rings. The molecule has 1 atom stereocenters. The maximum atomic E-state index is 11.6. The highest BCUT2D eigenvalue weighted by Crippen LogP contribution is 2.33. The van der Waals surface area contributed by atoms with E-state index in [1.54, 1.807) is 7.11 Å². The number of nitrogens with one attached hydrogen (secondary N) is 1. The van der Waals surface area contributed by atoms with E-state index in [4.69, 9.17) is 9.47 Å². The number of methoxy groups -OCH3 is 1. The van der Waals surface area contributed by atoms with Crippen LogP contribution < -0.4 is 14.8 Å². The van der Waals surface area contributed by atoms with Crippen molar-refractivity contribution < 1.29 is 14.3 Å². The minimum atomic E-state index is -0.109. The van der Waals surface area contributed by atoms with Crippen molar-refractivity contribution in [2.75, 3.05) is 7.11 Å². The highest BCUT2D eigenvalue weighted by atomic mass is 16.5. The molecule has 21 heavy (non-hydrogen) atoms. The van der Waals surface area contributed by atoms with Crippen molar-refractivity contribution in [3.05, 3.63) is 23.8 Å². The Balaban J connectivity index is 2.19. The van der Waals surface area contributed by atoms with Crippen LogP contribution in [-0.2, 0) is 11.2 Å². The summed E-state index contributed by atoms with van der Waals surface area (Å²) in [5.41, 5.74) is 1.05. The van der Waals surface area contributed by atoms with Gasteiger partial charge in [-0.15, -0.1) is 0 Å². The quantitative estimate of drug-likeness (QED) is 0.876. The van der Waals surface area contributed by atoms with Crippen molar-refractivity contribution in [3.8, 4) is 11.5 Å². The van der Waals surface area contributed by atoms with Crippen LogP contribution in [0.1, 0.15) is 45.6 Å². The Labute approximate surface area is 126 Å². The van der Waals surface area contributed by atoms with Crippen molar-refractivity contribution in [1.82, 2.24) is 5.32 Å². The smallest absolute Gasteiger partial charge is 0.220 e. The van der Waals surface area contributed by atoms with Gasteiger partial charge in [0.15, 0.2) is 11.5 Å². The summed E-state index contributed by atoms with van der Waals surface area (Å²) in [4.78, 5) is 11.6. The molecule has 1 heterocycles. The van der Waals surface area contributed by atoms with Gasteiger partial charge >= 0.3 is 0 Å². The highest BCUT2D eigenvalue weighted by molar-refractivity contribution is 5.79. The molecule has 0 spiro atoms. The Kier molecular flexibility index (Phi) is 4.76. The SMILES string of the molecule is CCC1(Cc2ccc(OC(C)C)c(OC)c2)CCC(=O)N1. The van der Waals surface area contributed by atoms with Gasteiger partial charge in [0, 0.05) is 12.0 Å². The summed E-state index contributed by atoms with van der Waals surface area (Å²) in [6.45, 7) is 6.11. The summed E-state index contributed by atoms with van der Waals surface area (Å²) in [6.07, 6.45) is 3.40. The molecule has 0 aromatic heterocycles. The lowest BCUT2D eigenvalue weighted by molar-refractivity contribution is -0.119. The fourth-order valence-corrected chi connectivity index (χ4v) is 2.86. The first-order valence-electron chi connectivity index (χ1n) is 7.62. The molecule has 0 aliphatic carbocycles. The Hall–Kier alpha value is -1.71. The van der Waals surface area contributed by atoms with E-state index >= 15 is 0 Å². The third kappa shape index (κ3) is 3.69. The van der Waals surface area contributed by atoms with Gasteiger partial charge in [-0.2, -0.15) is 0 Å². The van der Waals surface area contributed by atoms with Gasteiger partial charge in [0.2, 0.25) is 5.91 Å². The minimum Gasteiger partial charge on any atom is -0.493 e. The fraction of sp³-hybridized carbons (Fsp3) is 0.588. The van der Waals surface area contributed by atoms with Gasteiger partial charge in [-0.05, 0) is 50.8 Å². The van der Waals surface area contributed by atoms with Gasteiger partial charge in [-0.1, -0.05) is 13.0 Å². The molecular weight excluding hydrogens is 266 g/mol. The summed E-state index contributed by atoms with van der Waals surface area (Å²) < 4.78 is 11.2. The zero-order valence-corrected chi connectivity index (χ0v) is 13.4. The van der Waals surface area contributed by atoms with Gasteiger partial charge in [-0.25, -0.2) is 0 Å². The molecule has 1 unspecified atom stereocenters. The second-order valence-corrected chi connectivity index (χ2v) is 6.01. The molecule has 0 saturated carbocycles. The van der Waals surface area contributed by atoms with E-state index in [2.05, 4.69) is 18.3 Å². The Morgan fingerprint density at radius 3 is 2.62 bits per heavy atom. The topological polar surface area (TPSA) is 47.6 Å². The monoisotopic (exact) mass is 291 g/mol. The van der Waals surface area contributed by atoms with Crippen molar-refractivity contribution >= 4 is 5.91 Å². The molecule has 116 valence electrons. The molecule has 1 fully saturated rings. The maximum absolute atomic E-state index is 11.6. The largest absolute Gasteiger partial charge is 0.493 e. The molecule has 0 bridgehead atoms. The molecular formula is C17H25NO3. The molecule has 4 nitrogen and oxygen atoms in total. The summed E-state index contributed by atoms with van der Waals surface area (Å²) in [5, 5.41) is 3.14. The van der Waals surface area contributed by atoms with Gasteiger partial charge < -0.3 is 14.8 Å². The summed E-state index contributed by atoms with van der Waals surface area (Å²) >= 11 is 0. The molecule has 0 radical (unpaired) electrons. The van der Waals surface area contributed by atoms with E-state index < -0.39 is 0 Å². The number of benzene rings is 1. The van der Waals surface area contributed by atoms with Crippen molar-refractivity contribution in [2.24, 2.45) is 0 Å². The minimum absolute atomic E-state index is 0.109. The first kappa shape index (κ1) is 15.7. The van der Waals surface area contributed by atoms with E-state index in [-0.39, 0.29) is 17.6 Å². The van der Waals surface area contributed by atoms with Crippen LogP contribution in [-0.4, -0.2) is 24.7 Å². The second-order valence-electron chi connectivity index (χ2n) is 6.01. The van der Waals surface area contributed by atoms with Crippen LogP contribution >= 0.6 is 0 Å². The molecule has 1 aliphatic heterocycles. The summed E-state index contributed by atoms with van der Waals surface area (Å²) in [7, 11) is 1.65. The molecule has 1 amide bonds. The third-order valence-electron chi connectivity index (χ3n) is 4.05. The molecule has 1 aromatic carbocycles. The van der Waals surface area contributed by atoms with Crippen molar-refractivity contribution in [3.63, 3.8) is 0 Å². The van der Waals surface area contributed by atoms with Crippen LogP contribution in [0.25, 0.3) is 0 Å². The molecule has 4 heteroatoms. The molecule has 1 aliphatic rings. The fourth-order valence-electron chi connectivity index (χ4n) is 2.86. The van der Waals surface area contributed by atoms with Crippen LogP contribution in [0.2, 0.25) is 0 Å². The van der Waals surface area contributed by atoms with Crippen LogP contribution in [0.3, 0.4) is 0 Å². The first-order chi connectivity index (χ1) is 9.98. The number of hydrogen-bond donors (Lipinski definition) is 1. The van der Waals surface area contributed by atoms with E-state index in [0.717, 1.165) is 36.3 Å². The standard InChI is InChI=1S/C17H25NO3/c1-5-17(9-8-16(19)18-17)11-13-6-7-14(21-12(2)3)15(10-13)20-4/h6-7,10,12H,5,8-9,11H2,1-4H3,(H,18,19). The van der Waals surface area contributed by atoms with Crippen molar-refractivity contribution in [1.29, 1.82) is 0 Å².